The Bertz CT molecular complexity index is 729. The van der Waals surface area contributed by atoms with Gasteiger partial charge in [0.25, 0.3) is 0 Å². The van der Waals surface area contributed by atoms with E-state index in [1.807, 2.05) is 20.8 Å². The van der Waals surface area contributed by atoms with Gasteiger partial charge in [0.05, 0.1) is 13.2 Å². The number of carbonyl (C=O) groups is 3. The lowest BCUT2D eigenvalue weighted by atomic mass is 9.84. The van der Waals surface area contributed by atoms with E-state index in [1.54, 1.807) is 30.4 Å². The van der Waals surface area contributed by atoms with Crippen LogP contribution in [0.15, 0.2) is 0 Å². The van der Waals surface area contributed by atoms with E-state index in [0.717, 1.165) is 25.0 Å². The maximum absolute atomic E-state index is 13.1. The fraction of sp³-hybridized carbons (Fsp3) is 0.667. The first kappa shape index (κ1) is 21.2. The lowest BCUT2D eigenvalue weighted by Gasteiger charge is -2.32. The van der Waals surface area contributed by atoms with E-state index in [0.29, 0.717) is 23.4 Å². The second kappa shape index (κ2) is 8.72. The van der Waals surface area contributed by atoms with Gasteiger partial charge in [-0.3, -0.25) is 9.59 Å². The predicted molar refractivity (Wildman–Crippen MR) is 104 cm³/mol. The van der Waals surface area contributed by atoms with Crippen molar-refractivity contribution in [3.05, 3.63) is 22.5 Å². The largest absolute Gasteiger partial charge is 0.461 e. The van der Waals surface area contributed by atoms with Crippen LogP contribution in [0.4, 0.5) is 0 Å². The normalized spacial score (nSPS) is 14.2. The van der Waals surface area contributed by atoms with Crippen LogP contribution in [0.2, 0.25) is 0 Å². The summed E-state index contributed by atoms with van der Waals surface area (Å²) < 4.78 is 6.84. The van der Waals surface area contributed by atoms with E-state index in [-0.39, 0.29) is 36.7 Å². The van der Waals surface area contributed by atoms with Crippen LogP contribution in [-0.2, 0) is 16.6 Å². The van der Waals surface area contributed by atoms with E-state index in [4.69, 9.17) is 4.74 Å². The maximum atomic E-state index is 13.1. The molecule has 6 nitrogen and oxygen atoms in total. The summed E-state index contributed by atoms with van der Waals surface area (Å²) in [6, 6.07) is 0. The van der Waals surface area contributed by atoms with Gasteiger partial charge in [0.15, 0.2) is 5.78 Å². The summed E-state index contributed by atoms with van der Waals surface area (Å²) in [6.07, 6.45) is 2.91. The quantitative estimate of drug-likeness (QED) is 0.516. The molecule has 0 spiro atoms. The molecule has 1 aliphatic carbocycles. The Hall–Kier alpha value is -2.11. The SMILES string of the molecule is CCOC(=O)c1c(C)c(C(=O)CN(CC(C)C)C(=O)C2CCC2)c(C)n1C. The molecule has 0 bridgehead atoms. The molecule has 1 saturated carbocycles. The number of ketones is 1. The third-order valence-corrected chi connectivity index (χ3v) is 5.36. The summed E-state index contributed by atoms with van der Waals surface area (Å²) in [7, 11) is 1.76. The number of Topliss-reactive ketones (excluding diaryl/α,β-unsaturated/α-hetero) is 1. The molecular weight excluding hydrogens is 344 g/mol. The summed E-state index contributed by atoms with van der Waals surface area (Å²) in [5.74, 6) is -0.117. The Morgan fingerprint density at radius 3 is 2.33 bits per heavy atom. The predicted octanol–water partition coefficient (Wildman–Crippen LogP) is 3.29. The molecule has 150 valence electrons. The van der Waals surface area contributed by atoms with Crippen molar-refractivity contribution in [1.82, 2.24) is 9.47 Å². The molecule has 0 N–H and O–H groups in total. The number of ether oxygens (including phenoxy) is 1. The van der Waals surface area contributed by atoms with Crippen LogP contribution in [0.1, 0.15) is 72.1 Å². The van der Waals surface area contributed by atoms with Gasteiger partial charge in [-0.15, -0.1) is 0 Å². The highest BCUT2D eigenvalue weighted by Gasteiger charge is 2.32. The van der Waals surface area contributed by atoms with Gasteiger partial charge in [-0.05, 0) is 45.1 Å². The number of rotatable bonds is 8. The third-order valence-electron chi connectivity index (χ3n) is 5.36. The second-order valence-electron chi connectivity index (χ2n) is 7.88. The van der Waals surface area contributed by atoms with Gasteiger partial charge in [0, 0.05) is 30.8 Å². The number of aromatic nitrogens is 1. The van der Waals surface area contributed by atoms with Gasteiger partial charge in [-0.1, -0.05) is 20.3 Å². The van der Waals surface area contributed by atoms with Gasteiger partial charge in [0.2, 0.25) is 5.91 Å². The van der Waals surface area contributed by atoms with Crippen LogP contribution in [-0.4, -0.2) is 46.8 Å². The monoisotopic (exact) mass is 376 g/mol. The van der Waals surface area contributed by atoms with E-state index in [2.05, 4.69) is 0 Å². The minimum Gasteiger partial charge on any atom is -0.461 e. The van der Waals surface area contributed by atoms with Crippen molar-refractivity contribution in [3.63, 3.8) is 0 Å². The first-order chi connectivity index (χ1) is 12.7. The molecule has 1 amide bonds. The highest BCUT2D eigenvalue weighted by Crippen LogP contribution is 2.29. The zero-order chi connectivity index (χ0) is 20.3. The Kier molecular flexibility index (Phi) is 6.84. The molecule has 0 atom stereocenters. The molecule has 1 fully saturated rings. The molecule has 6 heteroatoms. The highest BCUT2D eigenvalue weighted by atomic mass is 16.5. The minimum atomic E-state index is -0.427. The molecule has 0 aromatic carbocycles. The van der Waals surface area contributed by atoms with E-state index >= 15 is 0 Å². The van der Waals surface area contributed by atoms with Crippen molar-refractivity contribution in [1.29, 1.82) is 0 Å². The highest BCUT2D eigenvalue weighted by molar-refractivity contribution is 6.04. The van der Waals surface area contributed by atoms with Gasteiger partial charge in [-0.25, -0.2) is 4.79 Å². The summed E-state index contributed by atoms with van der Waals surface area (Å²) >= 11 is 0. The van der Waals surface area contributed by atoms with Crippen LogP contribution >= 0.6 is 0 Å². The molecule has 2 rings (SSSR count). The van der Waals surface area contributed by atoms with Crippen molar-refractivity contribution < 1.29 is 19.1 Å². The average Bonchev–Trinajstić information content (AvgIpc) is 2.74. The van der Waals surface area contributed by atoms with Crippen molar-refractivity contribution in [2.75, 3.05) is 19.7 Å². The van der Waals surface area contributed by atoms with Crippen molar-refractivity contribution in [2.45, 2.75) is 53.9 Å². The fourth-order valence-electron chi connectivity index (χ4n) is 3.72. The summed E-state index contributed by atoms with van der Waals surface area (Å²) in [5, 5.41) is 0. The van der Waals surface area contributed by atoms with Crippen molar-refractivity contribution >= 4 is 17.7 Å². The third kappa shape index (κ3) is 4.42. The van der Waals surface area contributed by atoms with E-state index < -0.39 is 5.97 Å². The molecule has 1 aliphatic rings. The molecule has 0 unspecified atom stereocenters. The fourth-order valence-corrected chi connectivity index (χ4v) is 3.72. The molecule has 0 radical (unpaired) electrons. The molecule has 0 aliphatic heterocycles. The van der Waals surface area contributed by atoms with Gasteiger partial charge >= 0.3 is 5.97 Å². The Balaban J connectivity index is 2.28. The lowest BCUT2D eigenvalue weighted by molar-refractivity contribution is -0.138. The Labute approximate surface area is 161 Å². The number of hydrogen-bond donors (Lipinski definition) is 0. The molecule has 1 aromatic heterocycles. The Morgan fingerprint density at radius 2 is 1.85 bits per heavy atom. The second-order valence-corrected chi connectivity index (χ2v) is 7.88. The van der Waals surface area contributed by atoms with Crippen LogP contribution in [0.3, 0.4) is 0 Å². The number of nitrogens with zero attached hydrogens (tertiary/aromatic N) is 2. The minimum absolute atomic E-state index is 0.0570. The van der Waals surface area contributed by atoms with Crippen LogP contribution in [0.25, 0.3) is 0 Å². The lowest BCUT2D eigenvalue weighted by Crippen LogP contribution is -2.43. The van der Waals surface area contributed by atoms with Crippen molar-refractivity contribution in [2.24, 2.45) is 18.9 Å². The van der Waals surface area contributed by atoms with Gasteiger partial charge in [0.1, 0.15) is 5.69 Å². The molecular formula is C21H32N2O4. The molecule has 0 saturated heterocycles. The first-order valence-corrected chi connectivity index (χ1v) is 9.83. The number of amides is 1. The number of hydrogen-bond acceptors (Lipinski definition) is 4. The van der Waals surface area contributed by atoms with Gasteiger partial charge < -0.3 is 14.2 Å². The standard InChI is InChI=1S/C21H32N2O4/c1-7-27-21(26)19-14(4)18(15(5)22(19)6)17(24)12-23(11-13(2)3)20(25)16-9-8-10-16/h13,16H,7-12H2,1-6H3. The van der Waals surface area contributed by atoms with Gasteiger partial charge in [-0.2, -0.15) is 0 Å². The summed E-state index contributed by atoms with van der Waals surface area (Å²) in [5.41, 5.74) is 2.27. The molecule has 27 heavy (non-hydrogen) atoms. The average molecular weight is 376 g/mol. The van der Waals surface area contributed by atoms with Crippen LogP contribution in [0.5, 0.6) is 0 Å². The molecule has 1 heterocycles. The maximum Gasteiger partial charge on any atom is 0.355 e. The zero-order valence-electron chi connectivity index (χ0n) is 17.4. The smallest absolute Gasteiger partial charge is 0.355 e. The number of carbonyl (C=O) groups excluding carboxylic acids is 3. The van der Waals surface area contributed by atoms with Crippen LogP contribution in [0, 0.1) is 25.7 Å². The first-order valence-electron chi connectivity index (χ1n) is 9.83. The zero-order valence-corrected chi connectivity index (χ0v) is 17.4. The summed E-state index contributed by atoms with van der Waals surface area (Å²) in [6.45, 7) is 10.3. The van der Waals surface area contributed by atoms with Crippen LogP contribution < -0.4 is 0 Å². The molecule has 1 aromatic rings. The Morgan fingerprint density at radius 1 is 1.22 bits per heavy atom. The number of esters is 1. The topological polar surface area (TPSA) is 68.6 Å². The van der Waals surface area contributed by atoms with E-state index in [9.17, 15) is 14.4 Å². The summed E-state index contributed by atoms with van der Waals surface area (Å²) in [4.78, 5) is 39.8. The van der Waals surface area contributed by atoms with Crippen molar-refractivity contribution in [3.8, 4) is 0 Å². The van der Waals surface area contributed by atoms with E-state index in [1.165, 1.54) is 0 Å².